The maximum atomic E-state index is 12.1. The highest BCUT2D eigenvalue weighted by molar-refractivity contribution is 5.70. The summed E-state index contributed by atoms with van der Waals surface area (Å²) in [6.07, 6.45) is 0.218. The summed E-state index contributed by atoms with van der Waals surface area (Å²) in [5, 5.41) is 10.1. The summed E-state index contributed by atoms with van der Waals surface area (Å²) in [4.78, 5) is 22.9. The van der Waals surface area contributed by atoms with Crippen molar-refractivity contribution in [2.45, 2.75) is 37.1 Å². The zero-order valence-corrected chi connectivity index (χ0v) is 15.7. The lowest BCUT2D eigenvalue weighted by Crippen LogP contribution is -2.46. The Morgan fingerprint density at radius 2 is 2.21 bits per heavy atom. The van der Waals surface area contributed by atoms with Crippen molar-refractivity contribution in [2.75, 3.05) is 18.9 Å². The number of aromatic nitrogens is 4. The van der Waals surface area contributed by atoms with Crippen molar-refractivity contribution in [3.63, 3.8) is 0 Å². The minimum atomic E-state index is -1.03. The molecule has 2 saturated heterocycles. The average Bonchev–Trinajstić information content (AvgIpc) is 3.33. The van der Waals surface area contributed by atoms with Gasteiger partial charge in [-0.2, -0.15) is 4.98 Å². The second-order valence-corrected chi connectivity index (χ2v) is 7.62. The van der Waals surface area contributed by atoms with Gasteiger partial charge in [-0.05, 0) is 12.5 Å². The van der Waals surface area contributed by atoms with Crippen LogP contribution in [0.1, 0.15) is 18.7 Å². The Bertz CT molecular complexity index is 1120. The Hall–Kier alpha value is -2.79. The molecule has 2 bridgehead atoms. The van der Waals surface area contributed by atoms with Crippen molar-refractivity contribution < 1.29 is 19.3 Å². The fourth-order valence-electron chi connectivity index (χ4n) is 4.27. The third kappa shape index (κ3) is 2.60. The second kappa shape index (κ2) is 6.36. The fraction of sp³-hybridized carbons (Fsp3) is 0.421. The summed E-state index contributed by atoms with van der Waals surface area (Å²) < 4.78 is 20.2. The third-order valence-electron chi connectivity index (χ3n) is 5.69. The quantitative estimate of drug-likeness (QED) is 0.558. The monoisotopic (exact) mass is 399 g/mol. The number of fused-ring (bicyclic) bond motifs is 3. The van der Waals surface area contributed by atoms with Gasteiger partial charge in [-0.1, -0.05) is 30.3 Å². The number of benzene rings is 1. The first kappa shape index (κ1) is 18.3. The largest absolute Gasteiger partial charge is 0.393 e. The lowest BCUT2D eigenvalue weighted by molar-refractivity contribution is -0.211. The van der Waals surface area contributed by atoms with Crippen LogP contribution in [-0.2, 0) is 20.8 Å². The van der Waals surface area contributed by atoms with E-state index in [2.05, 4.69) is 15.0 Å². The smallest absolute Gasteiger partial charge is 0.280 e. The van der Waals surface area contributed by atoms with Gasteiger partial charge < -0.3 is 25.1 Å². The zero-order chi connectivity index (χ0) is 20.2. The van der Waals surface area contributed by atoms with Gasteiger partial charge in [-0.3, -0.25) is 14.3 Å². The number of nitrogens with two attached hydrogens (primary N) is 1. The van der Waals surface area contributed by atoms with Gasteiger partial charge in [0.05, 0.1) is 26.1 Å². The molecular weight excluding hydrogens is 378 g/mol. The Kier molecular flexibility index (Phi) is 4.00. The lowest BCUT2D eigenvalue weighted by atomic mass is 9.91. The first-order chi connectivity index (χ1) is 14.0. The molecular formula is C19H21N5O5. The number of hydrogen-bond donors (Lipinski definition) is 3. The number of nitrogens with zero attached hydrogens (tertiary/aromatic N) is 3. The van der Waals surface area contributed by atoms with Crippen molar-refractivity contribution in [1.82, 2.24) is 19.5 Å². The number of ether oxygens (including phenoxy) is 3. The van der Waals surface area contributed by atoms with Crippen LogP contribution in [-0.4, -0.2) is 55.1 Å². The van der Waals surface area contributed by atoms with Crippen LogP contribution in [0, 0.1) is 0 Å². The van der Waals surface area contributed by atoms with E-state index in [-0.39, 0.29) is 30.3 Å². The summed E-state index contributed by atoms with van der Waals surface area (Å²) in [6.45, 7) is 2.12. The first-order valence-corrected chi connectivity index (χ1v) is 9.27. The number of anilines is 1. The molecule has 0 unspecified atom stereocenters. The molecule has 5 rings (SSSR count). The van der Waals surface area contributed by atoms with Gasteiger partial charge in [-0.15, -0.1) is 0 Å². The highest BCUT2D eigenvalue weighted by atomic mass is 16.7. The molecule has 29 heavy (non-hydrogen) atoms. The standard InChI is InChI=1S/C19H21N5O5/c1-18-15(27-7-11-5-3-2-4-6-11)19(8-25,9-28-18)29-16(18)24-10-21-12-13(24)22-17(20)23-14(12)26/h2-6,10,15-16,25H,7-9H2,1H3,(H3,20,22,23,26)/t15-,16+,18+,19-/m0/s1. The predicted octanol–water partition coefficient (Wildman–Crippen LogP) is 0.336. The van der Waals surface area contributed by atoms with Gasteiger partial charge in [0, 0.05) is 0 Å². The lowest BCUT2D eigenvalue weighted by Gasteiger charge is -2.33. The van der Waals surface area contributed by atoms with E-state index in [0.29, 0.717) is 6.61 Å². The molecule has 0 radical (unpaired) electrons. The SMILES string of the molecule is C[C@]12OC[C@](CO)(O[C@H]1n1cnc3c(=O)[nH]c(N)nc31)[C@H]2OCc1ccccc1. The van der Waals surface area contributed by atoms with Crippen LogP contribution in [0.2, 0.25) is 0 Å². The molecule has 2 aromatic heterocycles. The second-order valence-electron chi connectivity index (χ2n) is 7.62. The van der Waals surface area contributed by atoms with E-state index in [1.54, 1.807) is 4.57 Å². The minimum Gasteiger partial charge on any atom is -0.393 e. The van der Waals surface area contributed by atoms with E-state index in [4.69, 9.17) is 19.9 Å². The van der Waals surface area contributed by atoms with Crippen LogP contribution in [0.5, 0.6) is 0 Å². The highest BCUT2D eigenvalue weighted by Crippen LogP contribution is 2.54. The molecule has 10 nitrogen and oxygen atoms in total. The third-order valence-corrected chi connectivity index (χ3v) is 5.69. The summed E-state index contributed by atoms with van der Waals surface area (Å²) >= 11 is 0. The molecule has 1 aromatic carbocycles. The van der Waals surface area contributed by atoms with Gasteiger partial charge >= 0.3 is 0 Å². The normalized spacial score (nSPS) is 31.0. The summed E-state index contributed by atoms with van der Waals surface area (Å²) in [5.41, 5.74) is 4.74. The topological polar surface area (TPSA) is 138 Å². The molecule has 4 heterocycles. The average molecular weight is 399 g/mol. The van der Waals surface area contributed by atoms with Gasteiger partial charge in [-0.25, -0.2) is 4.98 Å². The van der Waals surface area contributed by atoms with E-state index in [1.165, 1.54) is 6.33 Å². The number of nitrogen functional groups attached to an aromatic ring is 1. The maximum Gasteiger partial charge on any atom is 0.280 e. The van der Waals surface area contributed by atoms with Crippen molar-refractivity contribution >= 4 is 17.1 Å². The highest BCUT2D eigenvalue weighted by Gasteiger charge is 2.70. The van der Waals surface area contributed by atoms with Crippen LogP contribution < -0.4 is 11.3 Å². The van der Waals surface area contributed by atoms with Gasteiger partial charge in [0.15, 0.2) is 17.4 Å². The minimum absolute atomic E-state index is 0.0211. The van der Waals surface area contributed by atoms with Gasteiger partial charge in [0.1, 0.15) is 17.3 Å². The number of aromatic amines is 1. The summed E-state index contributed by atoms with van der Waals surface area (Å²) in [7, 11) is 0. The fourth-order valence-corrected chi connectivity index (χ4v) is 4.27. The van der Waals surface area contributed by atoms with E-state index in [9.17, 15) is 9.90 Å². The number of aliphatic hydroxyl groups excluding tert-OH is 1. The van der Waals surface area contributed by atoms with Gasteiger partial charge in [0.2, 0.25) is 5.95 Å². The first-order valence-electron chi connectivity index (χ1n) is 9.27. The number of nitrogens with one attached hydrogen (secondary N) is 1. The molecule has 4 atom stereocenters. The Morgan fingerprint density at radius 1 is 1.41 bits per heavy atom. The van der Waals surface area contributed by atoms with Crippen LogP contribution in [0.3, 0.4) is 0 Å². The zero-order valence-electron chi connectivity index (χ0n) is 15.7. The summed E-state index contributed by atoms with van der Waals surface area (Å²) in [5.74, 6) is -0.0211. The van der Waals surface area contributed by atoms with Crippen molar-refractivity contribution in [1.29, 1.82) is 0 Å². The predicted molar refractivity (Wildman–Crippen MR) is 102 cm³/mol. The molecule has 2 aliphatic heterocycles. The van der Waals surface area contributed by atoms with Crippen LogP contribution in [0.15, 0.2) is 41.5 Å². The van der Waals surface area contributed by atoms with E-state index in [1.807, 2.05) is 37.3 Å². The number of hydrogen-bond acceptors (Lipinski definition) is 8. The van der Waals surface area contributed by atoms with E-state index in [0.717, 1.165) is 5.56 Å². The molecule has 0 saturated carbocycles. The molecule has 4 N–H and O–H groups in total. The van der Waals surface area contributed by atoms with Gasteiger partial charge in [0.25, 0.3) is 5.56 Å². The van der Waals surface area contributed by atoms with E-state index >= 15 is 0 Å². The molecule has 0 aliphatic carbocycles. The van der Waals surface area contributed by atoms with Crippen LogP contribution in [0.25, 0.3) is 11.2 Å². The van der Waals surface area contributed by atoms with Crippen molar-refractivity contribution in [3.05, 3.63) is 52.6 Å². The Balaban J connectivity index is 1.53. The Labute approximate surface area is 165 Å². The summed E-state index contributed by atoms with van der Waals surface area (Å²) in [6, 6.07) is 9.74. The van der Waals surface area contributed by atoms with Crippen LogP contribution >= 0.6 is 0 Å². The number of H-pyrrole nitrogens is 1. The molecule has 2 fully saturated rings. The molecule has 0 amide bonds. The molecule has 0 spiro atoms. The number of aliphatic hydroxyl groups is 1. The van der Waals surface area contributed by atoms with Crippen molar-refractivity contribution in [2.24, 2.45) is 0 Å². The molecule has 3 aromatic rings. The number of imidazole rings is 1. The van der Waals surface area contributed by atoms with Crippen LogP contribution in [0.4, 0.5) is 5.95 Å². The van der Waals surface area contributed by atoms with E-state index < -0.39 is 29.1 Å². The maximum absolute atomic E-state index is 12.1. The molecule has 152 valence electrons. The Morgan fingerprint density at radius 3 is 2.97 bits per heavy atom. The number of rotatable bonds is 5. The molecule has 2 aliphatic rings. The van der Waals surface area contributed by atoms with Crippen molar-refractivity contribution in [3.8, 4) is 0 Å². The molecule has 10 heteroatoms.